The van der Waals surface area contributed by atoms with Gasteiger partial charge in [0.05, 0.1) is 6.10 Å². The Morgan fingerprint density at radius 1 is 1.56 bits per heavy atom. The van der Waals surface area contributed by atoms with Gasteiger partial charge in [-0.05, 0) is 6.92 Å². The van der Waals surface area contributed by atoms with Crippen LogP contribution in [0.2, 0.25) is 0 Å². The maximum absolute atomic E-state index is 4.97. The van der Waals surface area contributed by atoms with Crippen molar-refractivity contribution in [2.45, 2.75) is 13.0 Å². The summed E-state index contributed by atoms with van der Waals surface area (Å²) >= 11 is 0. The number of rotatable bonds is 3. The van der Waals surface area contributed by atoms with E-state index in [0.717, 1.165) is 0 Å². The summed E-state index contributed by atoms with van der Waals surface area (Å²) in [6, 6.07) is 0. The van der Waals surface area contributed by atoms with Crippen molar-refractivity contribution < 1.29 is 4.74 Å². The number of methoxy groups -OCH3 is 1. The first kappa shape index (κ1) is 16.2. The molecule has 0 radical (unpaired) electrons. The highest BCUT2D eigenvalue weighted by Gasteiger charge is 1.92. The van der Waals surface area contributed by atoms with E-state index in [-0.39, 0.29) is 30.9 Å². The van der Waals surface area contributed by atoms with E-state index in [1.807, 2.05) is 6.92 Å². The minimum Gasteiger partial charge on any atom is -0.380 e. The van der Waals surface area contributed by atoms with E-state index in [9.17, 15) is 0 Å². The summed E-state index contributed by atoms with van der Waals surface area (Å²) in [5, 5.41) is 0. The molecule has 0 aromatic heterocycles. The van der Waals surface area contributed by atoms with Crippen LogP contribution in [0.3, 0.4) is 0 Å². The first-order valence-corrected chi connectivity index (χ1v) is 2.27. The van der Waals surface area contributed by atoms with Gasteiger partial charge in [0, 0.05) is 13.7 Å². The molecule has 0 aliphatic heterocycles. The van der Waals surface area contributed by atoms with Crippen LogP contribution in [-0.2, 0) is 4.74 Å². The summed E-state index contributed by atoms with van der Waals surface area (Å²) in [5.74, 6) is 4.97. The van der Waals surface area contributed by atoms with E-state index in [1.165, 1.54) is 0 Å². The summed E-state index contributed by atoms with van der Waals surface area (Å²) in [4.78, 5) is 0. The zero-order valence-electron chi connectivity index (χ0n) is 5.59. The van der Waals surface area contributed by atoms with Gasteiger partial charge in [0.2, 0.25) is 0 Å². The van der Waals surface area contributed by atoms with Crippen molar-refractivity contribution in [1.29, 1.82) is 0 Å². The third kappa shape index (κ3) is 11.8. The van der Waals surface area contributed by atoms with E-state index in [1.54, 1.807) is 7.11 Å². The normalized spacial score (nSPS) is 11.0. The number of nitrogens with one attached hydrogen (secondary N) is 1. The van der Waals surface area contributed by atoms with Crippen molar-refractivity contribution in [2.24, 2.45) is 5.84 Å². The molecule has 1 atom stereocenters. The second-order valence-electron chi connectivity index (χ2n) is 1.45. The number of hydrogen-bond acceptors (Lipinski definition) is 3. The Balaban J connectivity index is -0.000000180. The average Bonchev–Trinajstić information content (AvgIpc) is 1.68. The molecule has 5 heteroatoms. The Morgan fingerprint density at radius 3 is 2.11 bits per heavy atom. The largest absolute Gasteiger partial charge is 0.380 e. The van der Waals surface area contributed by atoms with Crippen molar-refractivity contribution >= 4 is 24.8 Å². The highest BCUT2D eigenvalue weighted by atomic mass is 35.5. The molecule has 60 valence electrons. The molecule has 0 amide bonds. The second kappa shape index (κ2) is 11.3. The van der Waals surface area contributed by atoms with E-state index in [4.69, 9.17) is 10.6 Å². The fourth-order valence-corrected chi connectivity index (χ4v) is 0.249. The number of ether oxygens (including phenoxy) is 1. The fourth-order valence-electron chi connectivity index (χ4n) is 0.249. The number of halogens is 2. The van der Waals surface area contributed by atoms with Gasteiger partial charge in [-0.25, -0.2) is 0 Å². The predicted molar refractivity (Wildman–Crippen MR) is 43.2 cm³/mol. The van der Waals surface area contributed by atoms with Crippen molar-refractivity contribution in [3.63, 3.8) is 0 Å². The van der Waals surface area contributed by atoms with E-state index >= 15 is 0 Å². The summed E-state index contributed by atoms with van der Waals surface area (Å²) in [7, 11) is 1.65. The van der Waals surface area contributed by atoms with Gasteiger partial charge in [0.15, 0.2) is 0 Å². The van der Waals surface area contributed by atoms with E-state index in [0.29, 0.717) is 6.54 Å². The molecular weight excluding hydrogens is 163 g/mol. The smallest absolute Gasteiger partial charge is 0.0681 e. The third-order valence-corrected chi connectivity index (χ3v) is 0.808. The Kier molecular flexibility index (Phi) is 20.3. The van der Waals surface area contributed by atoms with Crippen LogP contribution in [-0.4, -0.2) is 19.8 Å². The summed E-state index contributed by atoms with van der Waals surface area (Å²) < 4.78 is 4.85. The molecule has 0 aliphatic rings. The van der Waals surface area contributed by atoms with Crippen LogP contribution in [0.5, 0.6) is 0 Å². The molecule has 0 aliphatic carbocycles. The predicted octanol–water partition coefficient (Wildman–Crippen LogP) is 0.328. The topological polar surface area (TPSA) is 47.3 Å². The third-order valence-electron chi connectivity index (χ3n) is 0.808. The monoisotopic (exact) mass is 176 g/mol. The molecule has 0 saturated carbocycles. The second-order valence-corrected chi connectivity index (χ2v) is 1.45. The molecule has 0 bridgehead atoms. The molecule has 0 aromatic rings. The van der Waals surface area contributed by atoms with Crippen LogP contribution >= 0.6 is 24.8 Å². The van der Waals surface area contributed by atoms with Crippen LogP contribution < -0.4 is 11.3 Å². The van der Waals surface area contributed by atoms with Gasteiger partial charge in [-0.1, -0.05) is 0 Å². The fraction of sp³-hybridized carbons (Fsp3) is 1.00. The summed E-state index contributed by atoms with van der Waals surface area (Å²) in [5.41, 5.74) is 2.49. The van der Waals surface area contributed by atoms with E-state index < -0.39 is 0 Å². The molecule has 0 aromatic carbocycles. The molecule has 0 heterocycles. The Labute approximate surface area is 68.1 Å². The highest BCUT2D eigenvalue weighted by Crippen LogP contribution is 1.79. The van der Waals surface area contributed by atoms with Crippen LogP contribution in [0.25, 0.3) is 0 Å². The van der Waals surface area contributed by atoms with Gasteiger partial charge in [-0.15, -0.1) is 24.8 Å². The average molecular weight is 177 g/mol. The number of hydrazine groups is 1. The lowest BCUT2D eigenvalue weighted by atomic mass is 10.4. The Morgan fingerprint density at radius 2 is 2.00 bits per heavy atom. The van der Waals surface area contributed by atoms with Gasteiger partial charge < -0.3 is 4.74 Å². The molecule has 3 nitrogen and oxygen atoms in total. The Bertz CT molecular complexity index is 47.5. The quantitative estimate of drug-likeness (QED) is 0.482. The maximum atomic E-state index is 4.97. The molecule has 0 fully saturated rings. The van der Waals surface area contributed by atoms with Gasteiger partial charge in [0.25, 0.3) is 0 Å². The van der Waals surface area contributed by atoms with Gasteiger partial charge in [-0.2, -0.15) is 0 Å². The van der Waals surface area contributed by atoms with Gasteiger partial charge in [0.1, 0.15) is 0 Å². The minimum atomic E-state index is 0. The highest BCUT2D eigenvalue weighted by molar-refractivity contribution is 5.85. The van der Waals surface area contributed by atoms with Crippen molar-refractivity contribution in [2.75, 3.05) is 13.7 Å². The molecular formula is C4H14Cl2N2O. The summed E-state index contributed by atoms with van der Waals surface area (Å²) in [6.45, 7) is 2.65. The van der Waals surface area contributed by atoms with Crippen LogP contribution in [0.4, 0.5) is 0 Å². The standard InChI is InChI=1S/C4H12N2O.2ClH/c1-4(7-2)3-6-5;;/h4,6H,3,5H2,1-2H3;2*1H. The van der Waals surface area contributed by atoms with Gasteiger partial charge in [-0.3, -0.25) is 11.3 Å². The molecule has 3 N–H and O–H groups in total. The van der Waals surface area contributed by atoms with Crippen molar-refractivity contribution in [3.8, 4) is 0 Å². The number of hydrogen-bond donors (Lipinski definition) is 2. The van der Waals surface area contributed by atoms with Crippen LogP contribution in [0, 0.1) is 0 Å². The first-order chi connectivity index (χ1) is 3.31. The van der Waals surface area contributed by atoms with Crippen LogP contribution in [0.15, 0.2) is 0 Å². The molecule has 0 rings (SSSR count). The van der Waals surface area contributed by atoms with Crippen molar-refractivity contribution in [1.82, 2.24) is 5.43 Å². The molecule has 0 spiro atoms. The summed E-state index contributed by atoms with van der Waals surface area (Å²) in [6.07, 6.45) is 0.213. The minimum absolute atomic E-state index is 0. The molecule has 9 heavy (non-hydrogen) atoms. The zero-order chi connectivity index (χ0) is 5.70. The maximum Gasteiger partial charge on any atom is 0.0681 e. The number of nitrogens with two attached hydrogens (primary N) is 1. The molecule has 0 saturated heterocycles. The zero-order valence-corrected chi connectivity index (χ0v) is 7.22. The lowest BCUT2D eigenvalue weighted by Crippen LogP contribution is -2.31. The van der Waals surface area contributed by atoms with Crippen LogP contribution in [0.1, 0.15) is 6.92 Å². The van der Waals surface area contributed by atoms with Gasteiger partial charge >= 0.3 is 0 Å². The van der Waals surface area contributed by atoms with E-state index in [2.05, 4.69) is 5.43 Å². The lowest BCUT2D eigenvalue weighted by Gasteiger charge is -2.05. The Hall–Kier alpha value is 0.460. The van der Waals surface area contributed by atoms with Crippen molar-refractivity contribution in [3.05, 3.63) is 0 Å². The SMILES string of the molecule is COC(C)CNN.Cl.Cl. The first-order valence-electron chi connectivity index (χ1n) is 2.27. The molecule has 1 unspecified atom stereocenters. The lowest BCUT2D eigenvalue weighted by molar-refractivity contribution is 0.117.